The van der Waals surface area contributed by atoms with Crippen molar-refractivity contribution in [3.8, 4) is 0 Å². The van der Waals surface area contributed by atoms with Crippen molar-refractivity contribution in [3.63, 3.8) is 0 Å². The van der Waals surface area contributed by atoms with Gasteiger partial charge in [-0.25, -0.2) is 5.01 Å². The summed E-state index contributed by atoms with van der Waals surface area (Å²) in [6.45, 7) is 3.29. The van der Waals surface area contributed by atoms with E-state index in [9.17, 15) is 18.0 Å². The fourth-order valence-electron chi connectivity index (χ4n) is 2.69. The Labute approximate surface area is 122 Å². The predicted molar refractivity (Wildman–Crippen MR) is 73.3 cm³/mol. The molecule has 1 atom stereocenters. The number of alkyl halides is 3. The van der Waals surface area contributed by atoms with Gasteiger partial charge >= 0.3 is 6.18 Å². The quantitative estimate of drug-likeness (QED) is 0.927. The van der Waals surface area contributed by atoms with Gasteiger partial charge in [0, 0.05) is 12.0 Å². The minimum atomic E-state index is -4.39. The number of hydrogen-bond acceptors (Lipinski definition) is 2. The lowest BCUT2D eigenvalue weighted by atomic mass is 9.97. The van der Waals surface area contributed by atoms with E-state index in [1.165, 1.54) is 0 Å². The van der Waals surface area contributed by atoms with Crippen LogP contribution in [0.2, 0.25) is 0 Å². The number of amides is 1. The lowest BCUT2D eigenvalue weighted by molar-refractivity contribution is -0.202. The van der Waals surface area contributed by atoms with Gasteiger partial charge in [-0.15, -0.1) is 0 Å². The Hall–Kier alpha value is -1.56. The van der Waals surface area contributed by atoms with E-state index in [4.69, 9.17) is 0 Å². The van der Waals surface area contributed by atoms with E-state index >= 15 is 0 Å². The molecule has 0 spiro atoms. The van der Waals surface area contributed by atoms with Gasteiger partial charge in [0.15, 0.2) is 0 Å². The molecule has 3 nitrogen and oxygen atoms in total. The first-order valence-corrected chi connectivity index (χ1v) is 6.89. The van der Waals surface area contributed by atoms with Crippen molar-refractivity contribution in [3.05, 3.63) is 35.9 Å². The summed E-state index contributed by atoms with van der Waals surface area (Å²) in [4.78, 5) is 11.5. The van der Waals surface area contributed by atoms with Gasteiger partial charge in [-0.3, -0.25) is 10.2 Å². The van der Waals surface area contributed by atoms with Crippen LogP contribution in [0.5, 0.6) is 0 Å². The molecular weight excluding hydrogens is 281 g/mol. The van der Waals surface area contributed by atoms with E-state index in [0.29, 0.717) is 6.42 Å². The van der Waals surface area contributed by atoms with Crippen LogP contribution in [0.25, 0.3) is 0 Å². The zero-order valence-corrected chi connectivity index (χ0v) is 12.1. The maximum atomic E-state index is 13.4. The molecule has 1 aromatic rings. The molecule has 2 rings (SSSR count). The number of nitrogens with zero attached hydrogens (tertiary/aromatic N) is 1. The molecule has 0 saturated carbocycles. The Balaban J connectivity index is 2.14. The highest BCUT2D eigenvalue weighted by Crippen LogP contribution is 2.35. The van der Waals surface area contributed by atoms with Gasteiger partial charge in [-0.1, -0.05) is 30.3 Å². The highest BCUT2D eigenvalue weighted by Gasteiger charge is 2.51. The van der Waals surface area contributed by atoms with Crippen molar-refractivity contribution in [2.24, 2.45) is 0 Å². The smallest absolute Gasteiger partial charge is 0.288 e. The van der Waals surface area contributed by atoms with E-state index in [-0.39, 0.29) is 18.7 Å². The molecule has 1 fully saturated rings. The number of carbonyl (C=O) groups excluding carboxylic acids is 1. The first-order valence-electron chi connectivity index (χ1n) is 6.89. The number of hydrogen-bond donors (Lipinski definition) is 1. The summed E-state index contributed by atoms with van der Waals surface area (Å²) in [5, 5.41) is 1.07. The monoisotopic (exact) mass is 300 g/mol. The number of aryl methyl sites for hydroxylation is 1. The van der Waals surface area contributed by atoms with Crippen LogP contribution < -0.4 is 5.43 Å². The number of benzene rings is 1. The van der Waals surface area contributed by atoms with Gasteiger partial charge in [0.1, 0.15) is 6.04 Å². The first kappa shape index (κ1) is 15.8. The second-order valence-corrected chi connectivity index (χ2v) is 5.98. The molecule has 0 aromatic heterocycles. The predicted octanol–water partition coefficient (Wildman–Crippen LogP) is 3.07. The Morgan fingerprint density at radius 2 is 1.90 bits per heavy atom. The maximum absolute atomic E-state index is 13.4. The summed E-state index contributed by atoms with van der Waals surface area (Å²) in [6, 6.07) is 7.37. The van der Waals surface area contributed by atoms with Crippen LogP contribution >= 0.6 is 0 Å². The minimum Gasteiger partial charge on any atom is -0.288 e. The van der Waals surface area contributed by atoms with Crippen LogP contribution in [-0.4, -0.2) is 28.7 Å². The highest BCUT2D eigenvalue weighted by atomic mass is 19.4. The van der Waals surface area contributed by atoms with Gasteiger partial charge in [0.05, 0.1) is 0 Å². The molecule has 0 bridgehead atoms. The molecule has 1 aliphatic heterocycles. The topological polar surface area (TPSA) is 32.3 Å². The molecule has 6 heteroatoms. The molecule has 1 amide bonds. The Bertz CT molecular complexity index is 499. The van der Waals surface area contributed by atoms with Crippen molar-refractivity contribution >= 4 is 5.91 Å². The van der Waals surface area contributed by atoms with Crippen molar-refractivity contribution in [1.29, 1.82) is 0 Å². The third kappa shape index (κ3) is 3.75. The summed E-state index contributed by atoms with van der Waals surface area (Å²) in [5.41, 5.74) is 2.38. The van der Waals surface area contributed by atoms with Crippen molar-refractivity contribution < 1.29 is 18.0 Å². The molecule has 0 aliphatic carbocycles. The summed E-state index contributed by atoms with van der Waals surface area (Å²) in [5.74, 6) is -0.367. The summed E-state index contributed by atoms with van der Waals surface area (Å²) >= 11 is 0. The fraction of sp³-hybridized carbons (Fsp3) is 0.533. The lowest BCUT2D eigenvalue weighted by Crippen LogP contribution is -2.56. The molecule has 1 N–H and O–H groups in total. The number of hydrazine groups is 1. The molecular formula is C15H19F3N2O. The first-order chi connectivity index (χ1) is 9.70. The van der Waals surface area contributed by atoms with Crippen LogP contribution in [0.3, 0.4) is 0 Å². The Morgan fingerprint density at radius 1 is 1.29 bits per heavy atom. The molecule has 116 valence electrons. The second kappa shape index (κ2) is 5.67. The molecule has 21 heavy (non-hydrogen) atoms. The summed E-state index contributed by atoms with van der Waals surface area (Å²) in [6.07, 6.45) is -4.08. The van der Waals surface area contributed by atoms with Crippen LogP contribution in [-0.2, 0) is 11.2 Å². The van der Waals surface area contributed by atoms with Gasteiger partial charge in [0.2, 0.25) is 5.91 Å². The Morgan fingerprint density at radius 3 is 2.38 bits per heavy atom. The van der Waals surface area contributed by atoms with Gasteiger partial charge < -0.3 is 0 Å². The number of carbonyl (C=O) groups is 1. The third-order valence-electron chi connectivity index (χ3n) is 3.73. The van der Waals surface area contributed by atoms with Gasteiger partial charge in [0.25, 0.3) is 0 Å². The normalized spacial score (nSPS) is 20.3. The summed E-state index contributed by atoms with van der Waals surface area (Å²) in [7, 11) is 0. The Kier molecular flexibility index (Phi) is 4.27. The van der Waals surface area contributed by atoms with E-state index in [1.54, 1.807) is 38.1 Å². The van der Waals surface area contributed by atoms with Crippen molar-refractivity contribution in [2.75, 3.05) is 0 Å². The SMILES string of the molecule is CC1(C)CC(=O)NN1C(CCc1ccccc1)C(F)(F)F. The van der Waals surface area contributed by atoms with E-state index in [1.807, 2.05) is 6.07 Å². The number of halogens is 3. The maximum Gasteiger partial charge on any atom is 0.405 e. The average molecular weight is 300 g/mol. The van der Waals surface area contributed by atoms with Gasteiger partial charge in [-0.05, 0) is 32.3 Å². The van der Waals surface area contributed by atoms with E-state index in [0.717, 1.165) is 10.6 Å². The van der Waals surface area contributed by atoms with Crippen molar-refractivity contribution in [1.82, 2.24) is 10.4 Å². The van der Waals surface area contributed by atoms with Crippen LogP contribution in [0.4, 0.5) is 13.2 Å². The zero-order chi connectivity index (χ0) is 15.7. The van der Waals surface area contributed by atoms with Crippen LogP contribution in [0, 0.1) is 0 Å². The molecule has 1 heterocycles. The van der Waals surface area contributed by atoms with Crippen LogP contribution in [0.15, 0.2) is 30.3 Å². The van der Waals surface area contributed by atoms with Crippen molar-refractivity contribution in [2.45, 2.75) is 50.9 Å². The number of nitrogens with one attached hydrogen (secondary N) is 1. The standard InChI is InChI=1S/C15H19F3N2O/c1-14(2)10-13(21)19-20(14)12(15(16,17)18)9-8-11-6-4-3-5-7-11/h3-7,12H,8-10H2,1-2H3,(H,19,21). The van der Waals surface area contributed by atoms with E-state index < -0.39 is 17.8 Å². The molecule has 1 aliphatic rings. The molecule has 1 aromatic carbocycles. The molecule has 1 unspecified atom stereocenters. The fourth-order valence-corrected chi connectivity index (χ4v) is 2.69. The largest absolute Gasteiger partial charge is 0.405 e. The zero-order valence-electron chi connectivity index (χ0n) is 12.1. The third-order valence-corrected chi connectivity index (χ3v) is 3.73. The highest BCUT2D eigenvalue weighted by molar-refractivity contribution is 5.78. The van der Waals surface area contributed by atoms with Crippen LogP contribution in [0.1, 0.15) is 32.3 Å². The lowest BCUT2D eigenvalue weighted by Gasteiger charge is -2.37. The number of rotatable bonds is 4. The van der Waals surface area contributed by atoms with Gasteiger partial charge in [-0.2, -0.15) is 13.2 Å². The minimum absolute atomic E-state index is 0.0743. The average Bonchev–Trinajstić information content (AvgIpc) is 2.62. The molecule has 1 saturated heterocycles. The summed E-state index contributed by atoms with van der Waals surface area (Å²) < 4.78 is 40.1. The van der Waals surface area contributed by atoms with E-state index in [2.05, 4.69) is 5.43 Å². The second-order valence-electron chi connectivity index (χ2n) is 5.98. The molecule has 0 radical (unpaired) electrons.